The van der Waals surface area contributed by atoms with E-state index in [1.54, 1.807) is 30.6 Å². The number of likely N-dealkylation sites (N-methyl/N-ethyl adjacent to an activating group) is 1. The molecule has 12 heteroatoms. The van der Waals surface area contributed by atoms with E-state index in [2.05, 4.69) is 77.9 Å². The van der Waals surface area contributed by atoms with Crippen molar-refractivity contribution in [3.05, 3.63) is 76.1 Å². The van der Waals surface area contributed by atoms with Gasteiger partial charge >= 0.3 is 7.12 Å². The van der Waals surface area contributed by atoms with Crippen LogP contribution >= 0.6 is 11.3 Å². The Labute approximate surface area is 295 Å². The average Bonchev–Trinajstić information content (AvgIpc) is 3.54. The molecule has 0 spiro atoms. The van der Waals surface area contributed by atoms with E-state index in [-0.39, 0.29) is 24.3 Å². The topological polar surface area (TPSA) is 93.6 Å². The zero-order valence-electron chi connectivity index (χ0n) is 29.0. The van der Waals surface area contributed by atoms with Gasteiger partial charge in [0.1, 0.15) is 17.4 Å². The molecule has 3 aliphatic heterocycles. The summed E-state index contributed by atoms with van der Waals surface area (Å²) in [7, 11) is 1.27. The molecule has 2 unspecified atom stereocenters. The van der Waals surface area contributed by atoms with Gasteiger partial charge in [-0.3, -0.25) is 9.36 Å². The minimum Gasteiger partial charge on any atom is -0.464 e. The van der Waals surface area contributed by atoms with Crippen LogP contribution in [0.25, 0.3) is 33.4 Å². The molecular weight excluding hydrogens is 652 g/mol. The molecule has 2 atom stereocenters. The molecule has 3 aromatic heterocycles. The number of thiophene rings is 1. The van der Waals surface area contributed by atoms with Crippen molar-refractivity contribution >= 4 is 40.7 Å². The van der Waals surface area contributed by atoms with Crippen LogP contribution < -0.4 is 15.5 Å². The van der Waals surface area contributed by atoms with Gasteiger partial charge in [0.2, 0.25) is 12.1 Å². The summed E-state index contributed by atoms with van der Waals surface area (Å²) in [6.07, 6.45) is 5.44. The molecule has 2 N–H and O–H groups in total. The number of nitrogens with zero attached hydrogens (tertiary/aromatic N) is 3. The third kappa shape index (κ3) is 5.13. The number of ether oxygens (including phenoxy) is 1. The molecule has 50 heavy (non-hydrogen) atoms. The van der Waals surface area contributed by atoms with Gasteiger partial charge in [0.05, 0.1) is 57.3 Å². The third-order valence-electron chi connectivity index (χ3n) is 11.2. The van der Waals surface area contributed by atoms with Gasteiger partial charge in [0.25, 0.3) is 0 Å². The first-order chi connectivity index (χ1) is 24.0. The van der Waals surface area contributed by atoms with Gasteiger partial charge in [-0.2, -0.15) is 0 Å². The standard InChI is InChI=1S/C38H41BFN5O4S/c1-37(2)38(3,4)49-39(48-37)24-10-11-27-23(15-24)17-29-34-25(40)16-22(26-19-42-35(43-26)28-7-6-14-44(28)33(46)20-41-5)18-30(34)47-36(45(27)29)32-13-12-31(50-32)21-8-9-21/h10-13,15-19,21,28,36,41H,6-9,14,20H2,1-5H3,(H,42,43). The van der Waals surface area contributed by atoms with Crippen LogP contribution in [0.15, 0.2) is 54.7 Å². The maximum absolute atomic E-state index is 16.5. The molecule has 0 bridgehead atoms. The lowest BCUT2D eigenvalue weighted by Gasteiger charge is -2.32. The number of H-pyrrole nitrogens is 1. The Balaban J connectivity index is 1.12. The minimum atomic E-state index is -0.504. The second kappa shape index (κ2) is 11.5. The van der Waals surface area contributed by atoms with Crippen LogP contribution in [0.1, 0.15) is 87.1 Å². The van der Waals surface area contributed by atoms with Crippen molar-refractivity contribution in [1.29, 1.82) is 0 Å². The SMILES string of the molecule is CNCC(=O)N1CCCC1c1ncc(-c2cc(F)c3c(c2)OC(c2ccc(C4CC4)s2)n2c-3cc3cc(B4OC(C)(C)C(C)(C)O4)ccc32)[nH]1. The Kier molecular flexibility index (Phi) is 7.37. The third-order valence-corrected chi connectivity index (χ3v) is 12.4. The zero-order chi connectivity index (χ0) is 34.5. The van der Waals surface area contributed by atoms with Gasteiger partial charge < -0.3 is 29.2 Å². The molecule has 1 amide bonds. The van der Waals surface area contributed by atoms with Crippen molar-refractivity contribution in [3.8, 4) is 28.3 Å². The Morgan fingerprint density at radius 3 is 2.60 bits per heavy atom. The maximum atomic E-state index is 16.5. The van der Waals surface area contributed by atoms with E-state index in [9.17, 15) is 4.79 Å². The molecule has 9 rings (SSSR count). The number of aromatic amines is 1. The summed E-state index contributed by atoms with van der Waals surface area (Å²) in [5, 5.41) is 3.92. The van der Waals surface area contributed by atoms with Crippen molar-refractivity contribution < 1.29 is 23.2 Å². The number of fused-ring (bicyclic) bond motifs is 5. The average molecular weight is 694 g/mol. The number of likely N-dealkylation sites (tertiary alicyclic amines) is 1. The fraction of sp³-hybridized carbons (Fsp3) is 0.421. The molecule has 1 saturated carbocycles. The summed E-state index contributed by atoms with van der Waals surface area (Å²) < 4.78 is 38.2. The van der Waals surface area contributed by atoms with Gasteiger partial charge in [-0.15, -0.1) is 11.3 Å². The van der Waals surface area contributed by atoms with Crippen LogP contribution in [-0.2, 0) is 14.1 Å². The summed E-state index contributed by atoms with van der Waals surface area (Å²) in [5.41, 5.74) is 3.47. The molecule has 9 nitrogen and oxygen atoms in total. The number of nitrogens with one attached hydrogen (secondary N) is 2. The van der Waals surface area contributed by atoms with Gasteiger partial charge in [-0.05, 0) is 108 Å². The van der Waals surface area contributed by atoms with E-state index in [0.717, 1.165) is 39.8 Å². The normalized spacial score (nSPS) is 22.2. The first kappa shape index (κ1) is 32.0. The second-order valence-electron chi connectivity index (χ2n) is 15.1. The van der Waals surface area contributed by atoms with Crippen LogP contribution in [0.2, 0.25) is 0 Å². The predicted molar refractivity (Wildman–Crippen MR) is 193 cm³/mol. The van der Waals surface area contributed by atoms with E-state index in [4.69, 9.17) is 14.0 Å². The molecular formula is C38H41BFN5O4S. The summed E-state index contributed by atoms with van der Waals surface area (Å²) in [5.74, 6) is 1.48. The Morgan fingerprint density at radius 1 is 1.06 bits per heavy atom. The number of aromatic nitrogens is 3. The van der Waals surface area contributed by atoms with Crippen LogP contribution in [0.4, 0.5) is 4.39 Å². The van der Waals surface area contributed by atoms with Crippen molar-refractivity contribution in [2.24, 2.45) is 0 Å². The highest BCUT2D eigenvalue weighted by Gasteiger charge is 2.52. The molecule has 5 aromatic rings. The summed E-state index contributed by atoms with van der Waals surface area (Å²) in [4.78, 5) is 25.1. The summed E-state index contributed by atoms with van der Waals surface area (Å²) >= 11 is 1.78. The first-order valence-electron chi connectivity index (χ1n) is 17.6. The highest BCUT2D eigenvalue weighted by Crippen LogP contribution is 2.50. The number of halogens is 1. The Morgan fingerprint density at radius 2 is 1.84 bits per heavy atom. The van der Waals surface area contributed by atoms with E-state index in [0.29, 0.717) is 40.9 Å². The minimum absolute atomic E-state index is 0.0455. The number of hydrogen-bond donors (Lipinski definition) is 2. The monoisotopic (exact) mass is 693 g/mol. The quantitative estimate of drug-likeness (QED) is 0.180. The van der Waals surface area contributed by atoms with Crippen molar-refractivity contribution in [3.63, 3.8) is 0 Å². The Hall–Kier alpha value is -3.97. The van der Waals surface area contributed by atoms with Crippen LogP contribution in [0.5, 0.6) is 5.75 Å². The maximum Gasteiger partial charge on any atom is 0.494 e. The van der Waals surface area contributed by atoms with Gasteiger partial charge in [-0.1, -0.05) is 12.1 Å². The molecule has 258 valence electrons. The molecule has 4 aliphatic rings. The lowest BCUT2D eigenvalue weighted by molar-refractivity contribution is -0.131. The van der Waals surface area contributed by atoms with Crippen molar-refractivity contribution in [2.45, 2.75) is 82.8 Å². The van der Waals surface area contributed by atoms with Crippen LogP contribution in [0, 0.1) is 5.82 Å². The predicted octanol–water partition coefficient (Wildman–Crippen LogP) is 6.90. The van der Waals surface area contributed by atoms with Gasteiger partial charge in [-0.25, -0.2) is 9.37 Å². The molecule has 2 saturated heterocycles. The van der Waals surface area contributed by atoms with E-state index < -0.39 is 24.5 Å². The second-order valence-corrected chi connectivity index (χ2v) is 16.2. The fourth-order valence-corrected chi connectivity index (χ4v) is 8.81. The molecule has 2 aromatic carbocycles. The lowest BCUT2D eigenvalue weighted by atomic mass is 9.78. The number of rotatable bonds is 7. The van der Waals surface area contributed by atoms with Crippen LogP contribution in [0.3, 0.4) is 0 Å². The number of benzene rings is 2. The fourth-order valence-electron chi connectivity index (χ4n) is 7.61. The highest BCUT2D eigenvalue weighted by atomic mass is 32.1. The molecule has 1 aliphatic carbocycles. The lowest BCUT2D eigenvalue weighted by Crippen LogP contribution is -2.41. The van der Waals surface area contributed by atoms with Crippen molar-refractivity contribution in [2.75, 3.05) is 20.1 Å². The number of carbonyl (C=O) groups is 1. The molecule has 6 heterocycles. The van der Waals surface area contributed by atoms with Gasteiger partial charge in [0, 0.05) is 22.4 Å². The van der Waals surface area contributed by atoms with E-state index in [1.807, 2.05) is 17.0 Å². The van der Waals surface area contributed by atoms with E-state index >= 15 is 4.39 Å². The van der Waals surface area contributed by atoms with Crippen molar-refractivity contribution in [1.82, 2.24) is 24.8 Å². The summed E-state index contributed by atoms with van der Waals surface area (Å²) in [6, 6.07) is 16.0. The molecule has 0 radical (unpaired) electrons. The Bertz CT molecular complexity index is 2140. The first-order valence-corrected chi connectivity index (χ1v) is 18.4. The van der Waals surface area contributed by atoms with E-state index in [1.165, 1.54) is 17.7 Å². The summed E-state index contributed by atoms with van der Waals surface area (Å²) in [6.45, 7) is 9.18. The number of hydrogen-bond acceptors (Lipinski definition) is 7. The molecule has 3 fully saturated rings. The van der Waals surface area contributed by atoms with Crippen LogP contribution in [-0.4, -0.2) is 63.8 Å². The number of amides is 1. The smallest absolute Gasteiger partial charge is 0.464 e. The zero-order valence-corrected chi connectivity index (χ0v) is 29.8. The number of imidazole rings is 1. The largest absolute Gasteiger partial charge is 0.494 e. The number of carbonyl (C=O) groups excluding carboxylic acids is 1. The van der Waals surface area contributed by atoms with Gasteiger partial charge in [0.15, 0.2) is 0 Å². The highest BCUT2D eigenvalue weighted by molar-refractivity contribution is 7.12.